The summed E-state index contributed by atoms with van der Waals surface area (Å²) in [4.78, 5) is 14.4. The molecule has 0 spiro atoms. The number of hydrazone groups is 1. The van der Waals surface area contributed by atoms with E-state index < -0.39 is 0 Å². The molecular weight excluding hydrogens is 314 g/mol. The fraction of sp³-hybridized carbons (Fsp3) is 0.200. The minimum absolute atomic E-state index is 0.0667. The Bertz CT molecular complexity index is 1000. The third-order valence-electron chi connectivity index (χ3n) is 4.52. The number of nitrogens with zero attached hydrogens (tertiary/aromatic N) is 2. The number of rotatable bonds is 3. The third-order valence-corrected chi connectivity index (χ3v) is 4.52. The summed E-state index contributed by atoms with van der Waals surface area (Å²) in [5, 5.41) is 5.29. The molecule has 0 saturated heterocycles. The van der Waals surface area contributed by atoms with Crippen molar-refractivity contribution in [1.82, 2.24) is 5.43 Å². The van der Waals surface area contributed by atoms with Gasteiger partial charge in [0.2, 0.25) is 0 Å². The molecule has 3 aromatic rings. The molecule has 5 nitrogen and oxygen atoms in total. The van der Waals surface area contributed by atoms with E-state index in [0.29, 0.717) is 17.6 Å². The highest BCUT2D eigenvalue weighted by Crippen LogP contribution is 2.26. The number of hydrogen-bond donors (Lipinski definition) is 1. The minimum Gasteiger partial charge on any atom is -0.422 e. The number of nitrogens with one attached hydrogen (secondary N) is 1. The zero-order valence-electron chi connectivity index (χ0n) is 14.2. The standard InChI is InChI=1S/C20H19N3O2/c1-23(2)15-9-7-13(8-10-15)17-12-18(22-21-17)16-11-14-5-3-4-6-19(14)25-20(16)24/h3-11,17,21H,12H2,1-2H3/t17-/m0/s1. The molecule has 2 heterocycles. The number of anilines is 1. The van der Waals surface area contributed by atoms with Crippen molar-refractivity contribution in [2.75, 3.05) is 19.0 Å². The van der Waals surface area contributed by atoms with Crippen LogP contribution < -0.4 is 16.0 Å². The molecule has 1 aliphatic heterocycles. The van der Waals surface area contributed by atoms with Gasteiger partial charge in [-0.25, -0.2) is 4.79 Å². The van der Waals surface area contributed by atoms with Crippen LogP contribution in [0.15, 0.2) is 68.9 Å². The van der Waals surface area contributed by atoms with Gasteiger partial charge in [0.05, 0.1) is 17.3 Å². The van der Waals surface area contributed by atoms with Crippen LogP contribution in [0.3, 0.4) is 0 Å². The van der Waals surface area contributed by atoms with Gasteiger partial charge in [0.1, 0.15) is 5.58 Å². The lowest BCUT2D eigenvalue weighted by atomic mass is 9.99. The molecule has 0 saturated carbocycles. The van der Waals surface area contributed by atoms with Gasteiger partial charge in [-0.05, 0) is 29.8 Å². The maximum Gasteiger partial charge on any atom is 0.345 e. The molecule has 5 heteroatoms. The summed E-state index contributed by atoms with van der Waals surface area (Å²) in [5.41, 5.74) is 6.95. The van der Waals surface area contributed by atoms with Crippen LogP contribution in [0, 0.1) is 0 Å². The monoisotopic (exact) mass is 333 g/mol. The number of fused-ring (bicyclic) bond motifs is 1. The molecule has 1 aliphatic rings. The molecule has 2 aromatic carbocycles. The van der Waals surface area contributed by atoms with Crippen LogP contribution in [0.5, 0.6) is 0 Å². The van der Waals surface area contributed by atoms with Crippen LogP contribution in [0.25, 0.3) is 11.0 Å². The van der Waals surface area contributed by atoms with Gasteiger partial charge >= 0.3 is 5.63 Å². The van der Waals surface area contributed by atoms with Crippen molar-refractivity contribution in [2.24, 2.45) is 5.10 Å². The van der Waals surface area contributed by atoms with Crippen LogP contribution in [0.2, 0.25) is 0 Å². The maximum absolute atomic E-state index is 12.3. The van der Waals surface area contributed by atoms with Gasteiger partial charge in [0, 0.05) is 31.6 Å². The van der Waals surface area contributed by atoms with E-state index in [1.807, 2.05) is 38.4 Å². The molecule has 126 valence electrons. The molecule has 1 aromatic heterocycles. The first kappa shape index (κ1) is 15.4. The van der Waals surface area contributed by atoms with Crippen LogP contribution in [0.1, 0.15) is 23.6 Å². The van der Waals surface area contributed by atoms with Crippen molar-refractivity contribution in [3.63, 3.8) is 0 Å². The van der Waals surface area contributed by atoms with Gasteiger partial charge < -0.3 is 14.7 Å². The summed E-state index contributed by atoms with van der Waals surface area (Å²) < 4.78 is 5.42. The second-order valence-electron chi connectivity index (χ2n) is 6.42. The van der Waals surface area contributed by atoms with Crippen molar-refractivity contribution < 1.29 is 4.42 Å². The van der Waals surface area contributed by atoms with Crippen molar-refractivity contribution in [2.45, 2.75) is 12.5 Å². The Kier molecular flexibility index (Phi) is 3.76. The summed E-state index contributed by atoms with van der Waals surface area (Å²) in [6.45, 7) is 0. The fourth-order valence-electron chi connectivity index (χ4n) is 3.07. The van der Waals surface area contributed by atoms with E-state index >= 15 is 0 Å². The molecule has 0 fully saturated rings. The highest BCUT2D eigenvalue weighted by atomic mass is 16.4. The highest BCUT2D eigenvalue weighted by molar-refractivity contribution is 6.03. The largest absolute Gasteiger partial charge is 0.422 e. The number of benzene rings is 2. The Labute approximate surface area is 145 Å². The Morgan fingerprint density at radius 3 is 2.64 bits per heavy atom. The van der Waals surface area contributed by atoms with Crippen LogP contribution >= 0.6 is 0 Å². The molecule has 0 amide bonds. The van der Waals surface area contributed by atoms with Crippen molar-refractivity contribution in [1.29, 1.82) is 0 Å². The maximum atomic E-state index is 12.3. The molecule has 0 bridgehead atoms. The van der Waals surface area contributed by atoms with Gasteiger partial charge in [-0.2, -0.15) is 5.10 Å². The first-order valence-corrected chi connectivity index (χ1v) is 8.24. The molecule has 1 N–H and O–H groups in total. The van der Waals surface area contributed by atoms with Crippen molar-refractivity contribution >= 4 is 22.4 Å². The van der Waals surface area contributed by atoms with E-state index in [4.69, 9.17) is 4.42 Å². The minimum atomic E-state index is -0.345. The molecule has 0 aliphatic carbocycles. The summed E-state index contributed by atoms with van der Waals surface area (Å²) in [5.74, 6) is 0. The van der Waals surface area contributed by atoms with E-state index in [1.54, 1.807) is 6.07 Å². The van der Waals surface area contributed by atoms with Gasteiger partial charge in [-0.15, -0.1) is 0 Å². The molecule has 25 heavy (non-hydrogen) atoms. The van der Waals surface area contributed by atoms with Gasteiger partial charge in [-0.3, -0.25) is 0 Å². The Hall–Kier alpha value is -3.08. The quantitative estimate of drug-likeness (QED) is 0.747. The van der Waals surface area contributed by atoms with Gasteiger partial charge in [0.15, 0.2) is 0 Å². The van der Waals surface area contributed by atoms with Gasteiger partial charge in [-0.1, -0.05) is 30.3 Å². The smallest absolute Gasteiger partial charge is 0.345 e. The van der Waals surface area contributed by atoms with E-state index in [1.165, 1.54) is 0 Å². The lowest BCUT2D eigenvalue weighted by molar-refractivity contribution is 0.559. The lowest BCUT2D eigenvalue weighted by Gasteiger charge is -2.15. The SMILES string of the molecule is CN(C)c1ccc([C@@H]2CC(c3cc4ccccc4oc3=O)=NN2)cc1. The number of para-hydroxylation sites is 1. The first-order chi connectivity index (χ1) is 12.1. The zero-order valence-corrected chi connectivity index (χ0v) is 14.2. The average molecular weight is 333 g/mol. The molecular formula is C20H19N3O2. The van der Waals surface area contributed by atoms with Crippen molar-refractivity contribution in [3.8, 4) is 0 Å². The molecule has 0 radical (unpaired) electrons. The van der Waals surface area contributed by atoms with E-state index in [2.05, 4.69) is 39.7 Å². The Morgan fingerprint density at radius 1 is 1.12 bits per heavy atom. The average Bonchev–Trinajstić information content (AvgIpc) is 3.11. The second kappa shape index (κ2) is 6.09. The fourth-order valence-corrected chi connectivity index (χ4v) is 3.07. The highest BCUT2D eigenvalue weighted by Gasteiger charge is 2.23. The van der Waals surface area contributed by atoms with Crippen molar-refractivity contribution in [3.05, 3.63) is 76.1 Å². The predicted octanol–water partition coefficient (Wildman–Crippen LogP) is 3.30. The second-order valence-corrected chi connectivity index (χ2v) is 6.42. The normalized spacial score (nSPS) is 16.6. The molecule has 4 rings (SSSR count). The summed E-state index contributed by atoms with van der Waals surface area (Å²) in [6, 6.07) is 17.8. The summed E-state index contributed by atoms with van der Waals surface area (Å²) in [7, 11) is 4.03. The molecule has 1 atom stereocenters. The van der Waals surface area contributed by atoms with Gasteiger partial charge in [0.25, 0.3) is 0 Å². The van der Waals surface area contributed by atoms with Crippen LogP contribution in [-0.4, -0.2) is 19.8 Å². The van der Waals surface area contributed by atoms with Crippen LogP contribution in [0.4, 0.5) is 5.69 Å². The molecule has 0 unspecified atom stereocenters. The van der Waals surface area contributed by atoms with E-state index in [0.717, 1.165) is 22.3 Å². The summed E-state index contributed by atoms with van der Waals surface area (Å²) >= 11 is 0. The predicted molar refractivity (Wildman–Crippen MR) is 100 cm³/mol. The topological polar surface area (TPSA) is 57.8 Å². The third kappa shape index (κ3) is 2.89. The Morgan fingerprint density at radius 2 is 1.88 bits per heavy atom. The van der Waals surface area contributed by atoms with E-state index in [-0.39, 0.29) is 11.7 Å². The zero-order chi connectivity index (χ0) is 17.4. The number of hydrogen-bond acceptors (Lipinski definition) is 5. The van der Waals surface area contributed by atoms with Crippen LogP contribution in [-0.2, 0) is 0 Å². The van der Waals surface area contributed by atoms with E-state index in [9.17, 15) is 4.79 Å². The first-order valence-electron chi connectivity index (χ1n) is 8.24. The summed E-state index contributed by atoms with van der Waals surface area (Å²) in [6.07, 6.45) is 0.657. The lowest BCUT2D eigenvalue weighted by Crippen LogP contribution is -2.14. The Balaban J connectivity index is 1.60.